The zero-order chi connectivity index (χ0) is 15.9. The number of ether oxygens (including phenoxy) is 1. The van der Waals surface area contributed by atoms with Crippen LogP contribution in [0.1, 0.15) is 17.3 Å². The van der Waals surface area contributed by atoms with Crippen molar-refractivity contribution in [1.82, 2.24) is 0 Å². The number of nitro benzene ring substituents is 1. The van der Waals surface area contributed by atoms with Gasteiger partial charge >= 0.3 is 0 Å². The van der Waals surface area contributed by atoms with Crippen LogP contribution in [0.2, 0.25) is 0 Å². The molecule has 6 nitrogen and oxygen atoms in total. The molecule has 0 saturated heterocycles. The van der Waals surface area contributed by atoms with Gasteiger partial charge < -0.3 is 10.1 Å². The van der Waals surface area contributed by atoms with E-state index in [1.165, 1.54) is 12.1 Å². The molecule has 1 atom stereocenters. The first-order valence-corrected chi connectivity index (χ1v) is 6.83. The summed E-state index contributed by atoms with van der Waals surface area (Å²) in [4.78, 5) is 22.6. The molecule has 0 fully saturated rings. The summed E-state index contributed by atoms with van der Waals surface area (Å²) >= 11 is 0. The van der Waals surface area contributed by atoms with Crippen LogP contribution in [0.15, 0.2) is 54.6 Å². The molecule has 2 aromatic carbocycles. The maximum Gasteiger partial charge on any atom is 0.269 e. The topological polar surface area (TPSA) is 81.5 Å². The summed E-state index contributed by atoms with van der Waals surface area (Å²) in [5.74, 6) is -0.194. The molecular weight excluding hydrogens is 284 g/mol. The van der Waals surface area contributed by atoms with E-state index >= 15 is 0 Å². The summed E-state index contributed by atoms with van der Waals surface area (Å²) in [6.45, 7) is 2.16. The maximum atomic E-state index is 12.4. The van der Waals surface area contributed by atoms with Crippen LogP contribution in [0.4, 0.5) is 11.4 Å². The fourth-order valence-corrected chi connectivity index (χ4v) is 1.93. The van der Waals surface area contributed by atoms with Crippen LogP contribution in [0.3, 0.4) is 0 Å². The van der Waals surface area contributed by atoms with Gasteiger partial charge in [0.25, 0.3) is 5.69 Å². The number of carbonyl (C=O) groups excluding carboxylic acids is 1. The SMILES string of the molecule is CCO[C@@H](Nc1ccc([N+](=O)[O-])cc1)C(=O)c1ccccc1. The number of anilines is 1. The van der Waals surface area contributed by atoms with E-state index in [9.17, 15) is 14.9 Å². The van der Waals surface area contributed by atoms with Crippen molar-refractivity contribution in [1.29, 1.82) is 0 Å². The van der Waals surface area contributed by atoms with Crippen LogP contribution in [0, 0.1) is 10.1 Å². The van der Waals surface area contributed by atoms with E-state index < -0.39 is 11.2 Å². The molecule has 0 radical (unpaired) electrons. The number of hydrogen-bond acceptors (Lipinski definition) is 5. The standard InChI is InChI=1S/C16H16N2O4/c1-2-22-16(15(19)12-6-4-3-5-7-12)17-13-8-10-14(11-9-13)18(20)21/h3-11,16-17H,2H2,1H3/t16-/m1/s1. The number of ketones is 1. The molecule has 0 spiro atoms. The zero-order valence-corrected chi connectivity index (χ0v) is 12.1. The number of non-ortho nitro benzene ring substituents is 1. The Kier molecular flexibility index (Phi) is 5.21. The Hall–Kier alpha value is -2.73. The number of carbonyl (C=O) groups is 1. The van der Waals surface area contributed by atoms with Crippen LogP contribution in [-0.2, 0) is 4.74 Å². The third-order valence-electron chi connectivity index (χ3n) is 3.01. The molecule has 0 bridgehead atoms. The van der Waals surface area contributed by atoms with Crippen molar-refractivity contribution >= 4 is 17.2 Å². The minimum absolute atomic E-state index is 0.00658. The van der Waals surface area contributed by atoms with Gasteiger partial charge in [-0.1, -0.05) is 30.3 Å². The number of nitro groups is 1. The highest BCUT2D eigenvalue weighted by molar-refractivity contribution is 6.00. The van der Waals surface area contributed by atoms with E-state index in [1.54, 1.807) is 43.3 Å². The van der Waals surface area contributed by atoms with Gasteiger partial charge in [-0.3, -0.25) is 14.9 Å². The summed E-state index contributed by atoms with van der Waals surface area (Å²) in [6.07, 6.45) is -0.839. The van der Waals surface area contributed by atoms with Crippen molar-refractivity contribution < 1.29 is 14.5 Å². The van der Waals surface area contributed by atoms with Gasteiger partial charge in [-0.2, -0.15) is 0 Å². The summed E-state index contributed by atoms with van der Waals surface area (Å²) in [6, 6.07) is 14.7. The third-order valence-corrected chi connectivity index (χ3v) is 3.01. The first-order valence-electron chi connectivity index (χ1n) is 6.83. The normalized spacial score (nSPS) is 11.7. The van der Waals surface area contributed by atoms with E-state index in [2.05, 4.69) is 5.32 Å². The average Bonchev–Trinajstić information content (AvgIpc) is 2.55. The van der Waals surface area contributed by atoms with E-state index in [4.69, 9.17) is 4.74 Å². The lowest BCUT2D eigenvalue weighted by Gasteiger charge is -2.18. The average molecular weight is 300 g/mol. The first kappa shape index (κ1) is 15.7. The fraction of sp³-hybridized carbons (Fsp3) is 0.188. The Labute approximate surface area is 127 Å². The van der Waals surface area contributed by atoms with Crippen LogP contribution >= 0.6 is 0 Å². The van der Waals surface area contributed by atoms with Gasteiger partial charge in [0.1, 0.15) is 0 Å². The smallest absolute Gasteiger partial charge is 0.269 e. The molecular formula is C16H16N2O4. The quantitative estimate of drug-likeness (QED) is 0.367. The van der Waals surface area contributed by atoms with Gasteiger partial charge in [0, 0.05) is 30.0 Å². The molecule has 0 aromatic heterocycles. The van der Waals surface area contributed by atoms with Gasteiger partial charge in [0.2, 0.25) is 5.78 Å². The Morgan fingerprint density at radius 1 is 1.18 bits per heavy atom. The third kappa shape index (κ3) is 3.89. The summed E-state index contributed by atoms with van der Waals surface area (Å²) in [7, 11) is 0. The van der Waals surface area contributed by atoms with Crippen molar-refractivity contribution in [3.05, 3.63) is 70.3 Å². The molecule has 6 heteroatoms. The number of nitrogens with one attached hydrogen (secondary N) is 1. The molecule has 0 aliphatic rings. The number of rotatable bonds is 7. The highest BCUT2D eigenvalue weighted by atomic mass is 16.6. The Balaban J connectivity index is 2.14. The predicted octanol–water partition coefficient (Wildman–Crippen LogP) is 3.25. The molecule has 22 heavy (non-hydrogen) atoms. The lowest BCUT2D eigenvalue weighted by Crippen LogP contribution is -2.32. The molecule has 0 aliphatic carbocycles. The maximum absolute atomic E-state index is 12.4. The molecule has 0 heterocycles. The van der Waals surface area contributed by atoms with Gasteiger partial charge in [0.05, 0.1) is 4.92 Å². The Bertz CT molecular complexity index is 641. The molecule has 0 amide bonds. The fourth-order valence-electron chi connectivity index (χ4n) is 1.93. The van der Waals surface area contributed by atoms with E-state index in [0.717, 1.165) is 0 Å². The Morgan fingerprint density at radius 2 is 1.82 bits per heavy atom. The molecule has 2 rings (SSSR count). The molecule has 0 aliphatic heterocycles. The van der Waals surface area contributed by atoms with Gasteiger partial charge in [-0.05, 0) is 19.1 Å². The predicted molar refractivity (Wildman–Crippen MR) is 82.9 cm³/mol. The number of benzene rings is 2. The van der Waals surface area contributed by atoms with Crippen LogP contribution < -0.4 is 5.32 Å². The second-order valence-corrected chi connectivity index (χ2v) is 4.51. The summed E-state index contributed by atoms with van der Waals surface area (Å²) in [5.41, 5.74) is 1.11. The molecule has 0 unspecified atom stereocenters. The lowest BCUT2D eigenvalue weighted by molar-refractivity contribution is -0.384. The largest absolute Gasteiger partial charge is 0.354 e. The highest BCUT2D eigenvalue weighted by Gasteiger charge is 2.20. The first-order chi connectivity index (χ1) is 10.6. The van der Waals surface area contributed by atoms with E-state index in [0.29, 0.717) is 17.9 Å². The van der Waals surface area contributed by atoms with Gasteiger partial charge in [-0.15, -0.1) is 0 Å². The minimum atomic E-state index is -0.839. The minimum Gasteiger partial charge on any atom is -0.354 e. The van der Waals surface area contributed by atoms with E-state index in [1.807, 2.05) is 6.07 Å². The van der Waals surface area contributed by atoms with Crippen molar-refractivity contribution in [2.24, 2.45) is 0 Å². The van der Waals surface area contributed by atoms with E-state index in [-0.39, 0.29) is 11.5 Å². The van der Waals surface area contributed by atoms with Crippen LogP contribution in [-0.4, -0.2) is 23.5 Å². The zero-order valence-electron chi connectivity index (χ0n) is 12.1. The second-order valence-electron chi connectivity index (χ2n) is 4.51. The van der Waals surface area contributed by atoms with Crippen LogP contribution in [0.5, 0.6) is 0 Å². The number of Topliss-reactive ketones (excluding diaryl/α,β-unsaturated/α-hetero) is 1. The van der Waals surface area contributed by atoms with Crippen molar-refractivity contribution in [2.45, 2.75) is 13.2 Å². The van der Waals surface area contributed by atoms with Gasteiger partial charge in [0.15, 0.2) is 6.23 Å². The molecule has 2 aromatic rings. The van der Waals surface area contributed by atoms with Crippen molar-refractivity contribution in [3.8, 4) is 0 Å². The molecule has 1 N–H and O–H groups in total. The lowest BCUT2D eigenvalue weighted by atomic mass is 10.1. The van der Waals surface area contributed by atoms with Crippen molar-refractivity contribution in [2.75, 3.05) is 11.9 Å². The molecule has 0 saturated carbocycles. The Morgan fingerprint density at radius 3 is 2.36 bits per heavy atom. The van der Waals surface area contributed by atoms with Crippen LogP contribution in [0.25, 0.3) is 0 Å². The molecule has 114 valence electrons. The highest BCUT2D eigenvalue weighted by Crippen LogP contribution is 2.17. The summed E-state index contributed by atoms with van der Waals surface area (Å²) in [5, 5.41) is 13.6. The monoisotopic (exact) mass is 300 g/mol. The number of nitrogens with zero attached hydrogens (tertiary/aromatic N) is 1. The second kappa shape index (κ2) is 7.33. The van der Waals surface area contributed by atoms with Gasteiger partial charge in [-0.25, -0.2) is 0 Å². The number of hydrogen-bond donors (Lipinski definition) is 1. The van der Waals surface area contributed by atoms with Crippen molar-refractivity contribution in [3.63, 3.8) is 0 Å². The summed E-state index contributed by atoms with van der Waals surface area (Å²) < 4.78 is 5.45.